The molecule has 0 unspecified atom stereocenters. The zero-order valence-electron chi connectivity index (χ0n) is 9.86. The molecular weight excluding hydrogens is 250 g/mol. The van der Waals surface area contributed by atoms with E-state index in [0.717, 1.165) is 11.3 Å². The van der Waals surface area contributed by atoms with Crippen molar-refractivity contribution in [3.05, 3.63) is 59.0 Å². The summed E-state index contributed by atoms with van der Waals surface area (Å²) in [6, 6.07) is 11.1. The number of nitrogens with one attached hydrogen (secondary N) is 1. The number of aryl methyl sites for hydroxylation is 1. The van der Waals surface area contributed by atoms with Gasteiger partial charge in [-0.2, -0.15) is 0 Å². The molecule has 0 aliphatic rings. The minimum Gasteiger partial charge on any atom is -0.469 e. The van der Waals surface area contributed by atoms with Gasteiger partial charge < -0.3 is 9.73 Å². The highest BCUT2D eigenvalue weighted by Gasteiger charge is 2.04. The third-order valence-electron chi connectivity index (χ3n) is 2.56. The number of halogens is 1. The first kappa shape index (κ1) is 12.7. The molecule has 0 bridgehead atoms. The summed E-state index contributed by atoms with van der Waals surface area (Å²) in [6.07, 6.45) is 2.65. The molecule has 1 N–H and O–H groups in total. The molecule has 0 saturated heterocycles. The Morgan fingerprint density at radius 3 is 2.89 bits per heavy atom. The fraction of sp³-hybridized carbons (Fsp3) is 0.214. The highest BCUT2D eigenvalue weighted by Crippen LogP contribution is 2.10. The monoisotopic (exact) mass is 263 g/mol. The van der Waals surface area contributed by atoms with Crippen LogP contribution in [0.5, 0.6) is 0 Å². The fourth-order valence-corrected chi connectivity index (χ4v) is 1.84. The summed E-state index contributed by atoms with van der Waals surface area (Å²) in [7, 11) is 0. The van der Waals surface area contributed by atoms with Gasteiger partial charge in [-0.05, 0) is 29.8 Å². The first-order valence-corrected chi connectivity index (χ1v) is 6.15. The molecule has 1 heterocycles. The van der Waals surface area contributed by atoms with Crippen LogP contribution in [0.4, 0.5) is 0 Å². The SMILES string of the molecule is O=C(CCc1ccco1)NCc1cccc(Cl)c1. The predicted molar refractivity (Wildman–Crippen MR) is 70.3 cm³/mol. The Balaban J connectivity index is 1.75. The molecule has 0 aliphatic heterocycles. The van der Waals surface area contributed by atoms with Gasteiger partial charge in [-0.25, -0.2) is 0 Å². The lowest BCUT2D eigenvalue weighted by molar-refractivity contribution is -0.121. The number of carbonyl (C=O) groups excluding carboxylic acids is 1. The molecule has 0 atom stereocenters. The largest absolute Gasteiger partial charge is 0.469 e. The molecule has 1 aromatic carbocycles. The Morgan fingerprint density at radius 2 is 2.17 bits per heavy atom. The molecule has 3 nitrogen and oxygen atoms in total. The van der Waals surface area contributed by atoms with E-state index in [9.17, 15) is 4.79 Å². The van der Waals surface area contributed by atoms with Gasteiger partial charge in [0.25, 0.3) is 0 Å². The van der Waals surface area contributed by atoms with E-state index in [1.807, 2.05) is 36.4 Å². The van der Waals surface area contributed by atoms with Crippen molar-refractivity contribution in [2.45, 2.75) is 19.4 Å². The topological polar surface area (TPSA) is 42.2 Å². The maximum atomic E-state index is 11.6. The average Bonchev–Trinajstić information content (AvgIpc) is 2.87. The normalized spacial score (nSPS) is 10.3. The average molecular weight is 264 g/mol. The van der Waals surface area contributed by atoms with E-state index < -0.39 is 0 Å². The third-order valence-corrected chi connectivity index (χ3v) is 2.79. The summed E-state index contributed by atoms with van der Waals surface area (Å²) in [5.41, 5.74) is 0.994. The van der Waals surface area contributed by atoms with Crippen molar-refractivity contribution in [2.75, 3.05) is 0 Å². The van der Waals surface area contributed by atoms with Crippen molar-refractivity contribution in [3.63, 3.8) is 0 Å². The lowest BCUT2D eigenvalue weighted by Gasteiger charge is -2.05. The molecular formula is C14H14ClNO2. The van der Waals surface area contributed by atoms with E-state index in [1.54, 1.807) is 6.26 Å². The van der Waals surface area contributed by atoms with Crippen LogP contribution in [-0.2, 0) is 17.8 Å². The van der Waals surface area contributed by atoms with Gasteiger partial charge in [-0.3, -0.25) is 4.79 Å². The Labute approximate surface area is 111 Å². The van der Waals surface area contributed by atoms with Crippen LogP contribution >= 0.6 is 11.6 Å². The van der Waals surface area contributed by atoms with Crippen LogP contribution in [0.3, 0.4) is 0 Å². The predicted octanol–water partition coefficient (Wildman–Crippen LogP) is 3.18. The molecule has 1 aromatic heterocycles. The van der Waals surface area contributed by atoms with Crippen molar-refractivity contribution in [3.8, 4) is 0 Å². The molecule has 94 valence electrons. The van der Waals surface area contributed by atoms with Crippen molar-refractivity contribution >= 4 is 17.5 Å². The third kappa shape index (κ3) is 3.93. The van der Waals surface area contributed by atoms with Gasteiger partial charge in [-0.15, -0.1) is 0 Å². The maximum Gasteiger partial charge on any atom is 0.220 e. The number of carbonyl (C=O) groups is 1. The number of benzene rings is 1. The van der Waals surface area contributed by atoms with Gasteiger partial charge in [0.15, 0.2) is 0 Å². The summed E-state index contributed by atoms with van der Waals surface area (Å²) < 4.78 is 5.16. The molecule has 0 saturated carbocycles. The lowest BCUT2D eigenvalue weighted by Crippen LogP contribution is -2.22. The van der Waals surface area contributed by atoms with E-state index >= 15 is 0 Å². The summed E-state index contributed by atoms with van der Waals surface area (Å²) in [4.78, 5) is 11.6. The van der Waals surface area contributed by atoms with Crippen molar-refractivity contribution in [1.29, 1.82) is 0 Å². The number of rotatable bonds is 5. The highest BCUT2D eigenvalue weighted by atomic mass is 35.5. The van der Waals surface area contributed by atoms with Gasteiger partial charge in [0.2, 0.25) is 5.91 Å². The second-order valence-corrected chi connectivity index (χ2v) is 4.42. The molecule has 0 aliphatic carbocycles. The number of furan rings is 1. The maximum absolute atomic E-state index is 11.6. The number of hydrogen-bond donors (Lipinski definition) is 1. The Bertz CT molecular complexity index is 508. The van der Waals surface area contributed by atoms with Gasteiger partial charge in [0.1, 0.15) is 5.76 Å². The zero-order valence-corrected chi connectivity index (χ0v) is 10.6. The van der Waals surface area contributed by atoms with Crippen LogP contribution < -0.4 is 5.32 Å². The van der Waals surface area contributed by atoms with E-state index in [1.165, 1.54) is 0 Å². The molecule has 4 heteroatoms. The molecule has 2 aromatic rings. The second kappa shape index (κ2) is 6.26. The smallest absolute Gasteiger partial charge is 0.220 e. The first-order valence-electron chi connectivity index (χ1n) is 5.77. The Morgan fingerprint density at radius 1 is 1.28 bits per heavy atom. The summed E-state index contributed by atoms with van der Waals surface area (Å²) >= 11 is 5.86. The Hall–Kier alpha value is -1.74. The van der Waals surface area contributed by atoms with E-state index in [4.69, 9.17) is 16.0 Å². The quantitative estimate of drug-likeness (QED) is 0.900. The number of hydrogen-bond acceptors (Lipinski definition) is 2. The molecule has 0 radical (unpaired) electrons. The van der Waals surface area contributed by atoms with Crippen LogP contribution in [0.25, 0.3) is 0 Å². The van der Waals surface area contributed by atoms with Gasteiger partial charge in [0.05, 0.1) is 6.26 Å². The minimum absolute atomic E-state index is 0.00590. The summed E-state index contributed by atoms with van der Waals surface area (Å²) in [5, 5.41) is 3.53. The van der Waals surface area contributed by atoms with Crippen LogP contribution in [0.15, 0.2) is 47.1 Å². The van der Waals surface area contributed by atoms with Crippen molar-refractivity contribution in [2.24, 2.45) is 0 Å². The lowest BCUT2D eigenvalue weighted by atomic mass is 10.2. The molecule has 2 rings (SSSR count). The molecule has 0 spiro atoms. The van der Waals surface area contributed by atoms with Crippen molar-refractivity contribution in [1.82, 2.24) is 5.32 Å². The molecule has 0 fully saturated rings. The van der Waals surface area contributed by atoms with Crippen LogP contribution in [-0.4, -0.2) is 5.91 Å². The van der Waals surface area contributed by atoms with E-state index in [0.29, 0.717) is 24.4 Å². The standard InChI is InChI=1S/C14H14ClNO2/c15-12-4-1-3-11(9-12)10-16-14(17)7-6-13-5-2-8-18-13/h1-5,8-9H,6-7,10H2,(H,16,17). The first-order chi connectivity index (χ1) is 8.74. The van der Waals surface area contributed by atoms with Crippen LogP contribution in [0.2, 0.25) is 5.02 Å². The molecule has 1 amide bonds. The molecule has 18 heavy (non-hydrogen) atoms. The zero-order chi connectivity index (χ0) is 12.8. The van der Waals surface area contributed by atoms with Crippen molar-refractivity contribution < 1.29 is 9.21 Å². The summed E-state index contributed by atoms with van der Waals surface area (Å²) in [6.45, 7) is 0.498. The second-order valence-electron chi connectivity index (χ2n) is 3.99. The number of amides is 1. The van der Waals surface area contributed by atoms with Gasteiger partial charge in [-0.1, -0.05) is 23.7 Å². The summed E-state index contributed by atoms with van der Waals surface area (Å²) in [5.74, 6) is 0.833. The van der Waals surface area contributed by atoms with E-state index in [-0.39, 0.29) is 5.91 Å². The minimum atomic E-state index is 0.00590. The van der Waals surface area contributed by atoms with Gasteiger partial charge in [0, 0.05) is 24.4 Å². The fourth-order valence-electron chi connectivity index (χ4n) is 1.63. The van der Waals surface area contributed by atoms with Crippen LogP contribution in [0.1, 0.15) is 17.7 Å². The highest BCUT2D eigenvalue weighted by molar-refractivity contribution is 6.30. The van der Waals surface area contributed by atoms with E-state index in [2.05, 4.69) is 5.32 Å². The van der Waals surface area contributed by atoms with Gasteiger partial charge >= 0.3 is 0 Å². The Kier molecular flexibility index (Phi) is 4.42. The van der Waals surface area contributed by atoms with Crippen LogP contribution in [0, 0.1) is 0 Å².